The van der Waals surface area contributed by atoms with Crippen LogP contribution < -0.4 is 21.3 Å². The van der Waals surface area contributed by atoms with E-state index in [0.717, 1.165) is 37.1 Å². The van der Waals surface area contributed by atoms with Crippen molar-refractivity contribution in [3.63, 3.8) is 0 Å². The lowest BCUT2D eigenvalue weighted by Gasteiger charge is -2.40. The lowest BCUT2D eigenvalue weighted by Crippen LogP contribution is -2.50. The molecule has 5 rings (SSSR count). The second-order valence-corrected chi connectivity index (χ2v) is 9.32. The molecule has 0 radical (unpaired) electrons. The first-order valence-corrected chi connectivity index (χ1v) is 12.1. The number of fused-ring (bicyclic) bond motifs is 2. The van der Waals surface area contributed by atoms with E-state index < -0.39 is 5.91 Å². The van der Waals surface area contributed by atoms with E-state index in [2.05, 4.69) is 25.5 Å². The summed E-state index contributed by atoms with van der Waals surface area (Å²) < 4.78 is 0. The molecule has 9 nitrogen and oxygen atoms in total. The SMILES string of the molecule is NC(=O)c1ccc(C(=O)NC2C[C@H]3CC[C@@H](C2)N3c2ccc(C(=O)NCc3cccnc3)cn2)cc1. The minimum atomic E-state index is -0.516. The molecule has 1 unspecified atom stereocenters. The van der Waals surface area contributed by atoms with Crippen LogP contribution in [0.25, 0.3) is 0 Å². The number of carbonyl (C=O) groups is 3. The van der Waals surface area contributed by atoms with Gasteiger partial charge in [0.2, 0.25) is 5.91 Å². The number of benzene rings is 1. The van der Waals surface area contributed by atoms with E-state index in [4.69, 9.17) is 5.73 Å². The Hall–Kier alpha value is -4.27. The van der Waals surface area contributed by atoms with Gasteiger partial charge in [0.15, 0.2) is 0 Å². The van der Waals surface area contributed by atoms with Crippen LogP contribution in [0.2, 0.25) is 0 Å². The topological polar surface area (TPSA) is 130 Å². The van der Waals surface area contributed by atoms with E-state index in [0.29, 0.717) is 23.2 Å². The fourth-order valence-corrected chi connectivity index (χ4v) is 5.18. The highest BCUT2D eigenvalue weighted by atomic mass is 16.2. The number of amides is 3. The smallest absolute Gasteiger partial charge is 0.253 e. The fourth-order valence-electron chi connectivity index (χ4n) is 5.18. The van der Waals surface area contributed by atoms with Crippen molar-refractivity contribution in [2.45, 2.75) is 50.4 Å². The van der Waals surface area contributed by atoms with Crippen LogP contribution >= 0.6 is 0 Å². The summed E-state index contributed by atoms with van der Waals surface area (Å²) in [5.74, 6) is 0.0193. The van der Waals surface area contributed by atoms with Gasteiger partial charge >= 0.3 is 0 Å². The van der Waals surface area contributed by atoms with Crippen LogP contribution in [-0.2, 0) is 6.54 Å². The van der Waals surface area contributed by atoms with Crippen molar-refractivity contribution in [2.75, 3.05) is 4.90 Å². The summed E-state index contributed by atoms with van der Waals surface area (Å²) in [6.45, 7) is 0.410. The molecule has 0 spiro atoms. The Morgan fingerprint density at radius 1 is 0.889 bits per heavy atom. The number of primary amides is 1. The number of hydrogen-bond donors (Lipinski definition) is 3. The number of nitrogens with zero attached hydrogens (tertiary/aromatic N) is 3. The Morgan fingerprint density at radius 3 is 2.19 bits per heavy atom. The van der Waals surface area contributed by atoms with Crippen molar-refractivity contribution in [1.29, 1.82) is 0 Å². The van der Waals surface area contributed by atoms with Gasteiger partial charge in [-0.15, -0.1) is 0 Å². The van der Waals surface area contributed by atoms with E-state index in [-0.39, 0.29) is 29.9 Å². The molecule has 4 heterocycles. The molecule has 36 heavy (non-hydrogen) atoms. The summed E-state index contributed by atoms with van der Waals surface area (Å²) in [5, 5.41) is 6.04. The zero-order chi connectivity index (χ0) is 25.1. The molecule has 2 aromatic heterocycles. The summed E-state index contributed by atoms with van der Waals surface area (Å²) in [7, 11) is 0. The maximum absolute atomic E-state index is 12.7. The Balaban J connectivity index is 1.18. The van der Waals surface area contributed by atoms with Gasteiger partial charge in [0, 0.05) is 54.4 Å². The second-order valence-electron chi connectivity index (χ2n) is 9.32. The quantitative estimate of drug-likeness (QED) is 0.472. The number of aromatic nitrogens is 2. The minimum Gasteiger partial charge on any atom is -0.366 e. The van der Waals surface area contributed by atoms with Crippen LogP contribution in [-0.4, -0.2) is 45.8 Å². The highest BCUT2D eigenvalue weighted by Gasteiger charge is 2.41. The molecule has 2 aliphatic heterocycles. The lowest BCUT2D eigenvalue weighted by atomic mass is 9.96. The van der Waals surface area contributed by atoms with Gasteiger partial charge in [0.05, 0.1) is 5.56 Å². The molecule has 9 heteroatoms. The molecular weight excluding hydrogens is 456 g/mol. The fraction of sp³-hybridized carbons (Fsp3) is 0.296. The average molecular weight is 485 g/mol. The van der Waals surface area contributed by atoms with Gasteiger partial charge in [0.1, 0.15) is 5.82 Å². The highest BCUT2D eigenvalue weighted by Crippen LogP contribution is 2.38. The lowest BCUT2D eigenvalue weighted by molar-refractivity contribution is 0.0923. The number of nitrogens with one attached hydrogen (secondary N) is 2. The molecular formula is C27H28N6O3. The first-order valence-electron chi connectivity index (χ1n) is 12.1. The van der Waals surface area contributed by atoms with Gasteiger partial charge in [-0.3, -0.25) is 19.4 Å². The largest absolute Gasteiger partial charge is 0.366 e. The van der Waals surface area contributed by atoms with Crippen LogP contribution in [0.4, 0.5) is 5.82 Å². The van der Waals surface area contributed by atoms with Crippen LogP contribution in [0.3, 0.4) is 0 Å². The van der Waals surface area contributed by atoms with Gasteiger partial charge in [-0.25, -0.2) is 4.98 Å². The Bertz CT molecular complexity index is 1230. The first kappa shape index (κ1) is 23.5. The zero-order valence-corrected chi connectivity index (χ0v) is 19.8. The van der Waals surface area contributed by atoms with Gasteiger partial charge in [-0.1, -0.05) is 6.07 Å². The third-order valence-electron chi connectivity index (χ3n) is 6.95. The normalized spacial score (nSPS) is 20.6. The molecule has 3 aromatic rings. The molecule has 2 bridgehead atoms. The molecule has 0 saturated carbocycles. The summed E-state index contributed by atoms with van der Waals surface area (Å²) >= 11 is 0. The van der Waals surface area contributed by atoms with Crippen LogP contribution in [0.1, 0.15) is 62.3 Å². The number of nitrogens with two attached hydrogens (primary N) is 1. The zero-order valence-electron chi connectivity index (χ0n) is 19.8. The minimum absolute atomic E-state index is 0.0691. The molecule has 2 aliphatic rings. The predicted octanol–water partition coefficient (Wildman–Crippen LogP) is 2.44. The number of pyridine rings is 2. The van der Waals surface area contributed by atoms with Crippen molar-refractivity contribution < 1.29 is 14.4 Å². The molecule has 3 amide bonds. The molecule has 4 N–H and O–H groups in total. The number of rotatable bonds is 7. The molecule has 184 valence electrons. The van der Waals surface area contributed by atoms with Gasteiger partial charge in [0.25, 0.3) is 11.8 Å². The number of anilines is 1. The summed E-state index contributed by atoms with van der Waals surface area (Å²) in [6, 6.07) is 14.5. The predicted molar refractivity (Wildman–Crippen MR) is 134 cm³/mol. The van der Waals surface area contributed by atoms with E-state index in [1.165, 1.54) is 0 Å². The van der Waals surface area contributed by atoms with Crippen LogP contribution in [0, 0.1) is 0 Å². The highest BCUT2D eigenvalue weighted by molar-refractivity contribution is 5.97. The molecule has 2 saturated heterocycles. The van der Waals surface area contributed by atoms with Crippen molar-refractivity contribution >= 4 is 23.5 Å². The van der Waals surface area contributed by atoms with Gasteiger partial charge in [-0.05, 0) is 73.7 Å². The third kappa shape index (κ3) is 5.05. The summed E-state index contributed by atoms with van der Waals surface area (Å²) in [5.41, 5.74) is 7.61. The van der Waals surface area contributed by atoms with Gasteiger partial charge < -0.3 is 21.3 Å². The number of hydrogen-bond acceptors (Lipinski definition) is 6. The van der Waals surface area contributed by atoms with Crippen LogP contribution in [0.15, 0.2) is 67.1 Å². The maximum atomic E-state index is 12.7. The van der Waals surface area contributed by atoms with Crippen molar-refractivity contribution in [2.24, 2.45) is 5.73 Å². The van der Waals surface area contributed by atoms with E-state index in [9.17, 15) is 14.4 Å². The average Bonchev–Trinajstić information content (AvgIpc) is 3.17. The van der Waals surface area contributed by atoms with E-state index in [1.807, 2.05) is 24.3 Å². The molecule has 0 aliphatic carbocycles. The van der Waals surface area contributed by atoms with Crippen LogP contribution in [0.5, 0.6) is 0 Å². The van der Waals surface area contributed by atoms with E-state index >= 15 is 0 Å². The Morgan fingerprint density at radius 2 is 1.58 bits per heavy atom. The van der Waals surface area contributed by atoms with Crippen molar-refractivity contribution in [3.8, 4) is 0 Å². The summed E-state index contributed by atoms with van der Waals surface area (Å²) in [6.07, 6.45) is 8.79. The standard InChI is InChI=1S/C27H28N6O3/c28-25(34)18-3-5-19(6-4-18)27(36)32-21-12-22-8-9-23(13-21)33(22)24-10-7-20(16-30-24)26(35)31-15-17-2-1-11-29-14-17/h1-7,10-11,14,16,21-23H,8-9,12-13,15H2,(H2,28,34)(H,31,35)(H,32,36)/t21?,22-,23+. The van der Waals surface area contributed by atoms with Crippen molar-refractivity contribution in [3.05, 3.63) is 89.4 Å². The monoisotopic (exact) mass is 484 g/mol. The molecule has 1 aromatic carbocycles. The van der Waals surface area contributed by atoms with E-state index in [1.54, 1.807) is 42.9 Å². The Kier molecular flexibility index (Phi) is 6.62. The number of carbonyl (C=O) groups excluding carboxylic acids is 3. The maximum Gasteiger partial charge on any atom is 0.253 e. The number of piperidine rings is 1. The first-order chi connectivity index (χ1) is 17.5. The molecule has 3 atom stereocenters. The Labute approximate surface area is 209 Å². The molecule has 2 fully saturated rings. The van der Waals surface area contributed by atoms with Crippen molar-refractivity contribution in [1.82, 2.24) is 20.6 Å². The summed E-state index contributed by atoms with van der Waals surface area (Å²) in [4.78, 5) is 47.5. The second kappa shape index (κ2) is 10.2. The van der Waals surface area contributed by atoms with Gasteiger partial charge in [-0.2, -0.15) is 0 Å². The third-order valence-corrected chi connectivity index (χ3v) is 6.95.